The monoisotopic (exact) mass is 189 g/mol. The largest absolute Gasteiger partial charge is 0.309 e. The molecule has 0 bridgehead atoms. The second-order valence-corrected chi connectivity index (χ2v) is 3.31. The first-order valence-electron chi connectivity index (χ1n) is 4.35. The van der Waals surface area contributed by atoms with Gasteiger partial charge in [0.25, 0.3) is 5.91 Å². The number of nitrogens with zero attached hydrogens (tertiary/aromatic N) is 1. The van der Waals surface area contributed by atoms with Gasteiger partial charge in [-0.25, -0.2) is 5.43 Å². The Bertz CT molecular complexity index is 399. The molecule has 1 aliphatic rings. The molecule has 4 heteroatoms. The van der Waals surface area contributed by atoms with Crippen molar-refractivity contribution in [2.24, 2.45) is 10.8 Å². The summed E-state index contributed by atoms with van der Waals surface area (Å²) >= 11 is 0. The molecule has 1 unspecified atom stereocenters. The van der Waals surface area contributed by atoms with Gasteiger partial charge in [-0.2, -0.15) is 5.10 Å². The number of carbonyl (C=O) groups excluding carboxylic acids is 1. The first-order chi connectivity index (χ1) is 6.65. The summed E-state index contributed by atoms with van der Waals surface area (Å²) in [6, 6.07) is 9.23. The lowest BCUT2D eigenvalue weighted by Gasteiger charge is -2.21. The highest BCUT2D eigenvalue weighted by Gasteiger charge is 2.43. The SMILES string of the molecule is CC1=NNC(=O)C1(N)c1ccccc1. The molecule has 0 spiro atoms. The van der Waals surface area contributed by atoms with E-state index in [0.29, 0.717) is 5.71 Å². The van der Waals surface area contributed by atoms with Crippen LogP contribution in [0.5, 0.6) is 0 Å². The first kappa shape index (κ1) is 8.90. The molecule has 0 saturated heterocycles. The predicted molar refractivity (Wildman–Crippen MR) is 53.6 cm³/mol. The minimum absolute atomic E-state index is 0.277. The summed E-state index contributed by atoms with van der Waals surface area (Å²) < 4.78 is 0. The van der Waals surface area contributed by atoms with Gasteiger partial charge < -0.3 is 5.73 Å². The van der Waals surface area contributed by atoms with Gasteiger partial charge in [-0.1, -0.05) is 30.3 Å². The van der Waals surface area contributed by atoms with Crippen LogP contribution in [0.4, 0.5) is 0 Å². The van der Waals surface area contributed by atoms with Gasteiger partial charge in [-0.15, -0.1) is 0 Å². The van der Waals surface area contributed by atoms with Gasteiger partial charge in [0.2, 0.25) is 0 Å². The third kappa shape index (κ3) is 1.04. The normalized spacial score (nSPS) is 25.9. The van der Waals surface area contributed by atoms with E-state index in [1.165, 1.54) is 0 Å². The van der Waals surface area contributed by atoms with Crippen LogP contribution in [0.1, 0.15) is 12.5 Å². The molecular formula is C10H11N3O. The number of nitrogens with two attached hydrogens (primary N) is 1. The first-order valence-corrected chi connectivity index (χ1v) is 4.35. The third-order valence-electron chi connectivity index (χ3n) is 2.48. The molecule has 2 rings (SSSR count). The average Bonchev–Trinajstić information content (AvgIpc) is 2.49. The fraction of sp³-hybridized carbons (Fsp3) is 0.200. The van der Waals surface area contributed by atoms with Crippen molar-refractivity contribution in [3.8, 4) is 0 Å². The lowest BCUT2D eigenvalue weighted by molar-refractivity contribution is -0.123. The second-order valence-electron chi connectivity index (χ2n) is 3.31. The molecule has 14 heavy (non-hydrogen) atoms. The number of rotatable bonds is 1. The van der Waals surface area contributed by atoms with Crippen LogP contribution in [0.3, 0.4) is 0 Å². The Morgan fingerprint density at radius 3 is 2.50 bits per heavy atom. The molecule has 72 valence electrons. The molecule has 1 aromatic carbocycles. The lowest BCUT2D eigenvalue weighted by atomic mass is 9.87. The van der Waals surface area contributed by atoms with E-state index in [0.717, 1.165) is 5.56 Å². The fourth-order valence-electron chi connectivity index (χ4n) is 1.52. The molecule has 1 atom stereocenters. The minimum atomic E-state index is -1.10. The molecule has 0 aliphatic carbocycles. The molecule has 1 amide bonds. The van der Waals surface area contributed by atoms with Crippen molar-refractivity contribution in [1.29, 1.82) is 0 Å². The van der Waals surface area contributed by atoms with Crippen LogP contribution in [0.2, 0.25) is 0 Å². The zero-order valence-electron chi connectivity index (χ0n) is 7.82. The van der Waals surface area contributed by atoms with Gasteiger partial charge in [0, 0.05) is 0 Å². The predicted octanol–water partition coefficient (Wildman–Crippen LogP) is 0.346. The average molecular weight is 189 g/mol. The summed E-state index contributed by atoms with van der Waals surface area (Å²) in [5, 5.41) is 3.84. The number of hydrazone groups is 1. The summed E-state index contributed by atoms with van der Waals surface area (Å²) in [6.07, 6.45) is 0. The Kier molecular flexibility index (Phi) is 1.86. The quantitative estimate of drug-likeness (QED) is 0.669. The summed E-state index contributed by atoms with van der Waals surface area (Å²) in [5.74, 6) is -0.277. The number of hydrogen-bond donors (Lipinski definition) is 2. The standard InChI is InChI=1S/C10H11N3O/c1-7-10(11,9(14)13-12-7)8-5-3-2-4-6-8/h2-6H,11H2,1H3,(H,13,14). The highest BCUT2D eigenvalue weighted by Crippen LogP contribution is 2.23. The van der Waals surface area contributed by atoms with Crippen molar-refractivity contribution >= 4 is 11.6 Å². The van der Waals surface area contributed by atoms with E-state index in [2.05, 4.69) is 10.5 Å². The van der Waals surface area contributed by atoms with Gasteiger partial charge in [0.05, 0.1) is 5.71 Å². The third-order valence-corrected chi connectivity index (χ3v) is 2.48. The van der Waals surface area contributed by atoms with Crippen LogP contribution < -0.4 is 11.2 Å². The molecule has 1 aromatic rings. The van der Waals surface area contributed by atoms with E-state index in [9.17, 15) is 4.79 Å². The lowest BCUT2D eigenvalue weighted by Crippen LogP contribution is -2.49. The maximum atomic E-state index is 11.6. The molecule has 0 fully saturated rings. The van der Waals surface area contributed by atoms with Gasteiger partial charge in [-0.05, 0) is 12.5 Å². The number of amides is 1. The molecule has 0 aromatic heterocycles. The Morgan fingerprint density at radius 1 is 1.36 bits per heavy atom. The number of benzene rings is 1. The summed E-state index contributed by atoms with van der Waals surface area (Å²) in [5.41, 5.74) is 8.66. The van der Waals surface area contributed by atoms with E-state index in [4.69, 9.17) is 5.73 Å². The van der Waals surface area contributed by atoms with Gasteiger partial charge in [0.15, 0.2) is 5.54 Å². The Morgan fingerprint density at radius 2 is 2.00 bits per heavy atom. The maximum absolute atomic E-state index is 11.6. The van der Waals surface area contributed by atoms with Crippen molar-refractivity contribution in [3.05, 3.63) is 35.9 Å². The van der Waals surface area contributed by atoms with Crippen LogP contribution >= 0.6 is 0 Å². The van der Waals surface area contributed by atoms with Crippen molar-refractivity contribution in [3.63, 3.8) is 0 Å². The van der Waals surface area contributed by atoms with E-state index < -0.39 is 5.54 Å². The Labute approximate surface area is 81.8 Å². The van der Waals surface area contributed by atoms with Crippen LogP contribution in [-0.4, -0.2) is 11.6 Å². The number of nitrogens with one attached hydrogen (secondary N) is 1. The molecular weight excluding hydrogens is 178 g/mol. The van der Waals surface area contributed by atoms with E-state index in [1.54, 1.807) is 6.92 Å². The topological polar surface area (TPSA) is 67.5 Å². The van der Waals surface area contributed by atoms with Crippen LogP contribution in [-0.2, 0) is 10.3 Å². The molecule has 3 N–H and O–H groups in total. The maximum Gasteiger partial charge on any atom is 0.270 e. The highest BCUT2D eigenvalue weighted by molar-refractivity contribution is 6.15. The molecule has 0 radical (unpaired) electrons. The summed E-state index contributed by atoms with van der Waals surface area (Å²) in [4.78, 5) is 11.6. The van der Waals surface area contributed by atoms with Crippen molar-refractivity contribution in [1.82, 2.24) is 5.43 Å². The zero-order chi connectivity index (χ0) is 10.2. The van der Waals surface area contributed by atoms with Crippen LogP contribution in [0.15, 0.2) is 35.4 Å². The summed E-state index contributed by atoms with van der Waals surface area (Å²) in [6.45, 7) is 1.74. The van der Waals surface area contributed by atoms with E-state index in [-0.39, 0.29) is 5.91 Å². The van der Waals surface area contributed by atoms with Crippen LogP contribution in [0, 0.1) is 0 Å². The molecule has 4 nitrogen and oxygen atoms in total. The molecule has 1 heterocycles. The van der Waals surface area contributed by atoms with Crippen LogP contribution in [0.25, 0.3) is 0 Å². The smallest absolute Gasteiger partial charge is 0.270 e. The second kappa shape index (κ2) is 2.92. The molecule has 1 aliphatic heterocycles. The van der Waals surface area contributed by atoms with E-state index >= 15 is 0 Å². The van der Waals surface area contributed by atoms with Crippen molar-refractivity contribution in [2.75, 3.05) is 0 Å². The van der Waals surface area contributed by atoms with Gasteiger partial charge in [0.1, 0.15) is 0 Å². The van der Waals surface area contributed by atoms with Crippen molar-refractivity contribution < 1.29 is 4.79 Å². The molecule has 0 saturated carbocycles. The number of carbonyl (C=O) groups is 1. The van der Waals surface area contributed by atoms with Crippen molar-refractivity contribution in [2.45, 2.75) is 12.5 Å². The summed E-state index contributed by atoms with van der Waals surface area (Å²) in [7, 11) is 0. The van der Waals surface area contributed by atoms with Gasteiger partial charge in [-0.3, -0.25) is 4.79 Å². The van der Waals surface area contributed by atoms with Gasteiger partial charge >= 0.3 is 0 Å². The Balaban J connectivity index is 2.52. The Hall–Kier alpha value is -1.68. The number of hydrogen-bond acceptors (Lipinski definition) is 3. The fourth-order valence-corrected chi connectivity index (χ4v) is 1.52. The highest BCUT2D eigenvalue weighted by atomic mass is 16.2. The minimum Gasteiger partial charge on any atom is -0.309 e. The zero-order valence-corrected chi connectivity index (χ0v) is 7.82. The van der Waals surface area contributed by atoms with E-state index in [1.807, 2.05) is 30.3 Å².